The van der Waals surface area contributed by atoms with Crippen LogP contribution in [0.25, 0.3) is 10.9 Å². The van der Waals surface area contributed by atoms with Crippen LogP contribution in [-0.4, -0.2) is 47.5 Å². The van der Waals surface area contributed by atoms with Crippen LogP contribution in [-0.2, 0) is 11.2 Å². The van der Waals surface area contributed by atoms with E-state index >= 15 is 0 Å². The molecule has 0 fully saturated rings. The first-order valence-electron chi connectivity index (χ1n) is 11.0. The van der Waals surface area contributed by atoms with Gasteiger partial charge in [0.05, 0.1) is 28.5 Å². The summed E-state index contributed by atoms with van der Waals surface area (Å²) in [7, 11) is 1.68. The summed E-state index contributed by atoms with van der Waals surface area (Å²) in [4.78, 5) is 18.7. The van der Waals surface area contributed by atoms with Gasteiger partial charge in [-0.1, -0.05) is 42.5 Å². The van der Waals surface area contributed by atoms with E-state index in [1.165, 1.54) is 17.7 Å². The van der Waals surface area contributed by atoms with Gasteiger partial charge in [-0.3, -0.25) is 10.1 Å². The number of fused-ring (bicyclic) bond motifs is 1. The van der Waals surface area contributed by atoms with Crippen molar-refractivity contribution < 1.29 is 14.8 Å². The molecule has 35 heavy (non-hydrogen) atoms. The zero-order valence-corrected chi connectivity index (χ0v) is 20.9. The van der Waals surface area contributed by atoms with Crippen molar-refractivity contribution in [3.63, 3.8) is 0 Å². The van der Waals surface area contributed by atoms with E-state index in [2.05, 4.69) is 10.3 Å². The van der Waals surface area contributed by atoms with Crippen LogP contribution in [0.4, 0.5) is 11.4 Å². The van der Waals surface area contributed by atoms with Crippen molar-refractivity contribution in [1.82, 2.24) is 10.3 Å². The van der Waals surface area contributed by atoms with Gasteiger partial charge in [-0.25, -0.2) is 4.99 Å². The molecular formula is C26H27BrN4O4. The van der Waals surface area contributed by atoms with Crippen molar-refractivity contribution >= 4 is 45.0 Å². The summed E-state index contributed by atoms with van der Waals surface area (Å²) < 4.78 is 5.04. The number of nitrogens with one attached hydrogen (secondary N) is 2. The number of hydrogen-bond donors (Lipinski definition) is 3. The van der Waals surface area contributed by atoms with Crippen molar-refractivity contribution in [2.45, 2.75) is 6.42 Å². The smallest absolute Gasteiger partial charge is 0.270 e. The van der Waals surface area contributed by atoms with E-state index in [1.54, 1.807) is 13.2 Å². The zero-order chi connectivity index (χ0) is 23.9. The second-order valence-corrected chi connectivity index (χ2v) is 7.82. The summed E-state index contributed by atoms with van der Waals surface area (Å²) in [6, 6.07) is 21.8. The van der Waals surface area contributed by atoms with Gasteiger partial charge >= 0.3 is 0 Å². The van der Waals surface area contributed by atoms with Crippen molar-refractivity contribution in [3.05, 3.63) is 99.6 Å². The predicted molar refractivity (Wildman–Crippen MR) is 144 cm³/mol. The Kier molecular flexibility index (Phi) is 9.13. The summed E-state index contributed by atoms with van der Waals surface area (Å²) in [5, 5.41) is 26.0. The Balaban J connectivity index is 0.00000342. The van der Waals surface area contributed by atoms with Crippen LogP contribution in [0.1, 0.15) is 16.7 Å². The number of H-pyrrole nitrogens is 1. The quantitative estimate of drug-likeness (QED) is 0.110. The van der Waals surface area contributed by atoms with Gasteiger partial charge in [0, 0.05) is 42.3 Å². The predicted octanol–water partition coefficient (Wildman–Crippen LogP) is 5.31. The first kappa shape index (κ1) is 26.1. The molecule has 8 nitrogen and oxygen atoms in total. The highest BCUT2D eigenvalue weighted by Crippen LogP contribution is 2.33. The van der Waals surface area contributed by atoms with Gasteiger partial charge in [0.1, 0.15) is 0 Å². The largest absolute Gasteiger partial charge is 0.494 e. The topological polar surface area (TPSA) is 113 Å². The van der Waals surface area contributed by atoms with Gasteiger partial charge in [-0.05, 0) is 36.7 Å². The van der Waals surface area contributed by atoms with Crippen molar-refractivity contribution in [1.29, 1.82) is 0 Å². The number of hydrogen-bond acceptors (Lipinski definition) is 6. The molecule has 182 valence electrons. The lowest BCUT2D eigenvalue weighted by Crippen LogP contribution is -2.21. The molecule has 4 rings (SSSR count). The molecule has 0 radical (unpaired) electrons. The summed E-state index contributed by atoms with van der Waals surface area (Å²) in [5.41, 5.74) is 4.18. The molecule has 3 N–H and O–H groups in total. The lowest BCUT2D eigenvalue weighted by molar-refractivity contribution is -0.384. The molecule has 9 heteroatoms. The number of non-ortho nitro benzene ring substituents is 1. The average Bonchev–Trinajstić information content (AvgIpc) is 3.18. The summed E-state index contributed by atoms with van der Waals surface area (Å²) >= 11 is 0. The van der Waals surface area contributed by atoms with Crippen LogP contribution in [0.15, 0.2) is 77.8 Å². The minimum atomic E-state index is -0.449. The lowest BCUT2D eigenvalue weighted by atomic mass is 10.0. The number of rotatable bonds is 10. The van der Waals surface area contributed by atoms with Crippen LogP contribution >= 0.6 is 17.0 Å². The van der Waals surface area contributed by atoms with Crippen LogP contribution in [0.3, 0.4) is 0 Å². The van der Waals surface area contributed by atoms with E-state index in [-0.39, 0.29) is 28.5 Å². The van der Waals surface area contributed by atoms with Crippen LogP contribution in [0.2, 0.25) is 0 Å². The summed E-state index contributed by atoms with van der Waals surface area (Å²) in [5.74, 6) is -0.0862. The SMILES string of the molecule is Br.COCCNCCc1ccc(N=C(c2ccccc2)c2c(O)[nH]c3ccc([N+](=O)[O-])cc23)cc1. The normalized spacial score (nSPS) is 11.4. The zero-order valence-electron chi connectivity index (χ0n) is 19.2. The number of nitro benzene ring substituents is 1. The van der Waals surface area contributed by atoms with E-state index in [0.29, 0.717) is 34.5 Å². The molecule has 4 aromatic rings. The molecule has 1 aromatic heterocycles. The van der Waals surface area contributed by atoms with Crippen LogP contribution in [0, 0.1) is 10.1 Å². The van der Waals surface area contributed by atoms with E-state index in [9.17, 15) is 15.2 Å². The van der Waals surface area contributed by atoms with Gasteiger partial charge < -0.3 is 20.1 Å². The third-order valence-corrected chi connectivity index (χ3v) is 5.51. The lowest BCUT2D eigenvalue weighted by Gasteiger charge is -2.09. The van der Waals surface area contributed by atoms with Gasteiger partial charge in [0.2, 0.25) is 0 Å². The number of nitro groups is 1. The molecule has 0 unspecified atom stereocenters. The van der Waals surface area contributed by atoms with Gasteiger partial charge in [-0.15, -0.1) is 17.0 Å². The number of aromatic hydroxyl groups is 1. The summed E-state index contributed by atoms with van der Waals surface area (Å²) in [6.45, 7) is 2.34. The maximum absolute atomic E-state index is 11.3. The molecule has 0 bridgehead atoms. The fourth-order valence-electron chi connectivity index (χ4n) is 3.78. The minimum Gasteiger partial charge on any atom is -0.494 e. The van der Waals surface area contributed by atoms with E-state index in [4.69, 9.17) is 9.73 Å². The Bertz CT molecular complexity index is 1300. The van der Waals surface area contributed by atoms with Gasteiger partial charge in [0.25, 0.3) is 5.69 Å². The number of nitrogens with zero attached hydrogens (tertiary/aromatic N) is 2. The van der Waals surface area contributed by atoms with Crippen LogP contribution < -0.4 is 5.32 Å². The molecule has 0 saturated heterocycles. The number of benzene rings is 3. The first-order valence-corrected chi connectivity index (χ1v) is 11.0. The van der Waals surface area contributed by atoms with E-state index in [1.807, 2.05) is 54.6 Å². The maximum Gasteiger partial charge on any atom is 0.270 e. The molecule has 3 aromatic carbocycles. The third-order valence-electron chi connectivity index (χ3n) is 5.51. The molecule has 0 atom stereocenters. The minimum absolute atomic E-state index is 0. The molecule has 1 heterocycles. The van der Waals surface area contributed by atoms with Gasteiger partial charge in [-0.2, -0.15) is 0 Å². The second kappa shape index (κ2) is 12.3. The van der Waals surface area contributed by atoms with Crippen molar-refractivity contribution in [2.24, 2.45) is 4.99 Å². The number of aromatic nitrogens is 1. The Morgan fingerprint density at radius 2 is 1.83 bits per heavy atom. The van der Waals surface area contributed by atoms with Crippen molar-refractivity contribution in [3.8, 4) is 5.88 Å². The highest BCUT2D eigenvalue weighted by atomic mass is 79.9. The first-order chi connectivity index (χ1) is 16.6. The second-order valence-electron chi connectivity index (χ2n) is 7.82. The maximum atomic E-state index is 11.3. The molecular weight excluding hydrogens is 512 g/mol. The number of halogens is 1. The Morgan fingerprint density at radius 1 is 1.09 bits per heavy atom. The number of aromatic amines is 1. The third kappa shape index (κ3) is 6.33. The Labute approximate surface area is 213 Å². The molecule has 0 aliphatic heterocycles. The van der Waals surface area contributed by atoms with E-state index in [0.717, 1.165) is 25.1 Å². The highest BCUT2D eigenvalue weighted by Gasteiger charge is 2.20. The fraction of sp³-hybridized carbons (Fsp3) is 0.192. The van der Waals surface area contributed by atoms with Crippen molar-refractivity contribution in [2.75, 3.05) is 26.8 Å². The standard InChI is InChI=1S/C26H26N4O4.BrH/c1-34-16-15-27-14-13-18-7-9-20(10-8-18)28-25(19-5-3-2-4-6-19)24-22-17-21(30(32)33)11-12-23(22)29-26(24)31;/h2-12,17,27,29,31H,13-16H2,1H3;1H. The van der Waals surface area contributed by atoms with E-state index < -0.39 is 4.92 Å². The number of ether oxygens (including phenoxy) is 1. The molecule has 0 spiro atoms. The molecule has 0 saturated carbocycles. The monoisotopic (exact) mass is 538 g/mol. The number of methoxy groups -OCH3 is 1. The Hall–Kier alpha value is -3.53. The highest BCUT2D eigenvalue weighted by molar-refractivity contribution is 8.93. The van der Waals surface area contributed by atoms with Crippen LogP contribution in [0.5, 0.6) is 5.88 Å². The molecule has 0 amide bonds. The molecule has 0 aliphatic carbocycles. The summed E-state index contributed by atoms with van der Waals surface area (Å²) in [6.07, 6.45) is 0.881. The van der Waals surface area contributed by atoms with Gasteiger partial charge in [0.15, 0.2) is 5.88 Å². The Morgan fingerprint density at radius 3 is 2.51 bits per heavy atom. The fourth-order valence-corrected chi connectivity index (χ4v) is 3.78. The molecule has 0 aliphatic rings. The number of aliphatic imine (C=N–C) groups is 1. The average molecular weight is 539 g/mol.